The Kier molecular flexibility index (Phi) is 9.66. The van der Waals surface area contributed by atoms with Crippen molar-refractivity contribution in [3.63, 3.8) is 0 Å². The summed E-state index contributed by atoms with van der Waals surface area (Å²) in [5, 5.41) is 5.62. The van der Waals surface area contributed by atoms with Crippen LogP contribution in [-0.2, 0) is 11.3 Å². The lowest BCUT2D eigenvalue weighted by atomic mass is 9.97. The van der Waals surface area contributed by atoms with Gasteiger partial charge >= 0.3 is 0 Å². The zero-order valence-corrected chi connectivity index (χ0v) is 20.8. The van der Waals surface area contributed by atoms with Gasteiger partial charge in [-0.2, -0.15) is 0 Å². The first-order valence-corrected chi connectivity index (χ1v) is 12.0. The monoisotopic (exact) mass is 481 g/mol. The van der Waals surface area contributed by atoms with Crippen molar-refractivity contribution in [1.29, 1.82) is 0 Å². The molecular weight excluding hydrogens is 446 g/mol. The molecule has 0 unspecified atom stereocenters. The van der Waals surface area contributed by atoms with Crippen LogP contribution in [0.3, 0.4) is 0 Å². The van der Waals surface area contributed by atoms with Gasteiger partial charge in [0.15, 0.2) is 0 Å². The first-order valence-electron chi connectivity index (χ1n) is 12.0. The average Bonchev–Trinajstić information content (AvgIpc) is 2.86. The molecule has 188 valence electrons. The number of hydrogen-bond donors (Lipinski definition) is 2. The number of carbonyl (C=O) groups excluding carboxylic acids is 2. The second-order valence-electron chi connectivity index (χ2n) is 8.84. The predicted molar refractivity (Wildman–Crippen MR) is 135 cm³/mol. The van der Waals surface area contributed by atoms with Gasteiger partial charge < -0.3 is 24.7 Å². The molecule has 0 spiro atoms. The van der Waals surface area contributed by atoms with Crippen molar-refractivity contribution < 1.29 is 19.1 Å². The van der Waals surface area contributed by atoms with E-state index in [1.165, 1.54) is 37.9 Å². The maximum Gasteiger partial charge on any atom is 0.257 e. The minimum atomic E-state index is -0.599. The highest BCUT2D eigenvalue weighted by Gasteiger charge is 2.21. The lowest BCUT2D eigenvalue weighted by Gasteiger charge is -2.16. The summed E-state index contributed by atoms with van der Waals surface area (Å²) in [5.74, 6) is -0.354. The fraction of sp³-hybridized carbons (Fsp3) is 0.444. The normalized spacial score (nSPS) is 14.1. The molecule has 0 bridgehead atoms. The lowest BCUT2D eigenvalue weighted by molar-refractivity contribution is 0.0903. The van der Waals surface area contributed by atoms with Crippen LogP contribution in [0.1, 0.15) is 65.3 Å². The quantitative estimate of drug-likeness (QED) is 0.480. The molecule has 0 radical (unpaired) electrons. The number of ether oxygens (including phenoxy) is 2. The highest BCUT2D eigenvalue weighted by atomic mass is 16.5. The molecule has 0 saturated heterocycles. The van der Waals surface area contributed by atoms with Crippen molar-refractivity contribution in [3.05, 3.63) is 75.2 Å². The van der Waals surface area contributed by atoms with E-state index in [9.17, 15) is 14.4 Å². The molecule has 2 amide bonds. The number of methoxy groups -OCH3 is 2. The van der Waals surface area contributed by atoms with E-state index in [0.717, 1.165) is 24.8 Å². The Morgan fingerprint density at radius 3 is 2.51 bits per heavy atom. The first-order chi connectivity index (χ1) is 16.9. The molecule has 0 saturated carbocycles. The lowest BCUT2D eigenvalue weighted by Crippen LogP contribution is -2.40. The van der Waals surface area contributed by atoms with Gasteiger partial charge in [-0.25, -0.2) is 0 Å². The van der Waals surface area contributed by atoms with Crippen LogP contribution in [0.2, 0.25) is 0 Å². The zero-order chi connectivity index (χ0) is 25.2. The van der Waals surface area contributed by atoms with Gasteiger partial charge in [-0.1, -0.05) is 29.8 Å². The molecule has 2 N–H and O–H groups in total. The van der Waals surface area contributed by atoms with Crippen LogP contribution < -0.4 is 20.8 Å². The molecule has 0 fully saturated rings. The van der Waals surface area contributed by atoms with E-state index in [0.29, 0.717) is 25.4 Å². The number of carbonyl (C=O) groups is 2. The van der Waals surface area contributed by atoms with E-state index in [-0.39, 0.29) is 17.2 Å². The summed E-state index contributed by atoms with van der Waals surface area (Å²) in [6.07, 6.45) is 10.5. The Bertz CT molecular complexity index is 1120. The van der Waals surface area contributed by atoms with Crippen molar-refractivity contribution >= 4 is 11.8 Å². The summed E-state index contributed by atoms with van der Waals surface area (Å²) in [6.45, 7) is 2.85. The number of pyridine rings is 1. The minimum Gasteiger partial charge on any atom is -0.496 e. The van der Waals surface area contributed by atoms with E-state index >= 15 is 0 Å². The molecule has 3 rings (SSSR count). The number of rotatable bonds is 11. The smallest absolute Gasteiger partial charge is 0.257 e. The summed E-state index contributed by atoms with van der Waals surface area (Å²) in [4.78, 5) is 39.1. The number of para-hydroxylation sites is 1. The maximum atomic E-state index is 13.2. The van der Waals surface area contributed by atoms with E-state index in [4.69, 9.17) is 9.47 Å². The number of benzene rings is 1. The molecular formula is C27H35N3O5. The largest absolute Gasteiger partial charge is 0.496 e. The Hall–Kier alpha value is -3.39. The number of nitrogens with one attached hydrogen (secondary N) is 2. The molecule has 1 aromatic heterocycles. The molecule has 35 heavy (non-hydrogen) atoms. The van der Waals surface area contributed by atoms with Gasteiger partial charge in [-0.05, 0) is 45.1 Å². The highest BCUT2D eigenvalue weighted by Crippen LogP contribution is 2.20. The molecule has 1 aliphatic rings. The third kappa shape index (κ3) is 7.29. The van der Waals surface area contributed by atoms with E-state index in [1.54, 1.807) is 18.6 Å². The molecule has 0 aliphatic heterocycles. The van der Waals surface area contributed by atoms with Gasteiger partial charge in [-0.15, -0.1) is 0 Å². The van der Waals surface area contributed by atoms with Crippen LogP contribution in [0.15, 0.2) is 53.1 Å². The number of nitrogens with zero attached hydrogens (tertiary/aromatic N) is 1. The van der Waals surface area contributed by atoms with Crippen molar-refractivity contribution in [2.45, 2.75) is 51.6 Å². The number of hydrogen-bond acceptors (Lipinski definition) is 5. The van der Waals surface area contributed by atoms with Crippen LogP contribution in [0.5, 0.6) is 5.75 Å². The summed E-state index contributed by atoms with van der Waals surface area (Å²) < 4.78 is 12.2. The van der Waals surface area contributed by atoms with Gasteiger partial charge in [0.25, 0.3) is 11.8 Å². The molecule has 8 nitrogen and oxygen atoms in total. The minimum absolute atomic E-state index is 0.0652. The number of aromatic nitrogens is 1. The summed E-state index contributed by atoms with van der Waals surface area (Å²) >= 11 is 0. The van der Waals surface area contributed by atoms with Crippen molar-refractivity contribution in [1.82, 2.24) is 15.2 Å². The fourth-order valence-corrected chi connectivity index (χ4v) is 4.23. The summed E-state index contributed by atoms with van der Waals surface area (Å²) in [7, 11) is 3.12. The molecule has 1 aliphatic carbocycles. The standard InChI is InChI=1S/C27H35N3O5/c1-19(18-34-2)29-27(33)23-17-30(15-21-11-7-8-12-24(21)35-3)16-22(25(23)31)26(32)28-14-13-20-9-5-4-6-10-20/h7-9,11-12,16-17,19H,4-6,10,13-15,18H2,1-3H3,(H,28,32)(H,29,33)/t19-/m0/s1. The molecule has 1 heterocycles. The van der Waals surface area contributed by atoms with E-state index < -0.39 is 17.2 Å². The zero-order valence-electron chi connectivity index (χ0n) is 20.8. The Morgan fingerprint density at radius 2 is 1.83 bits per heavy atom. The van der Waals surface area contributed by atoms with Crippen molar-refractivity contribution in [3.8, 4) is 5.75 Å². The molecule has 2 aromatic rings. The van der Waals surface area contributed by atoms with Crippen LogP contribution in [0.4, 0.5) is 0 Å². The first kappa shape index (κ1) is 26.2. The van der Waals surface area contributed by atoms with Crippen LogP contribution in [0, 0.1) is 0 Å². The van der Waals surface area contributed by atoms with Crippen molar-refractivity contribution in [2.24, 2.45) is 0 Å². The van der Waals surface area contributed by atoms with E-state index in [2.05, 4.69) is 16.7 Å². The number of amides is 2. The Balaban J connectivity index is 1.87. The third-order valence-corrected chi connectivity index (χ3v) is 6.02. The number of allylic oxidation sites excluding steroid dienone is 1. The van der Waals surface area contributed by atoms with Crippen molar-refractivity contribution in [2.75, 3.05) is 27.4 Å². The summed E-state index contributed by atoms with van der Waals surface area (Å²) in [6, 6.07) is 7.19. The van der Waals surface area contributed by atoms with Crippen LogP contribution >= 0.6 is 0 Å². The average molecular weight is 482 g/mol. The second kappa shape index (κ2) is 12.9. The van der Waals surface area contributed by atoms with Gasteiger partial charge in [-0.3, -0.25) is 14.4 Å². The van der Waals surface area contributed by atoms with Gasteiger partial charge in [0.1, 0.15) is 16.9 Å². The predicted octanol–water partition coefficient (Wildman–Crippen LogP) is 3.29. The van der Waals surface area contributed by atoms with Crippen LogP contribution in [0.25, 0.3) is 0 Å². The Labute approximate surface area is 206 Å². The second-order valence-corrected chi connectivity index (χ2v) is 8.84. The van der Waals surface area contributed by atoms with Gasteiger partial charge in [0.2, 0.25) is 5.43 Å². The Morgan fingerprint density at radius 1 is 1.09 bits per heavy atom. The topological polar surface area (TPSA) is 98.7 Å². The molecule has 1 atom stereocenters. The highest BCUT2D eigenvalue weighted by molar-refractivity contribution is 5.99. The van der Waals surface area contributed by atoms with Gasteiger partial charge in [0.05, 0.1) is 20.3 Å². The van der Waals surface area contributed by atoms with Crippen LogP contribution in [-0.4, -0.2) is 49.8 Å². The third-order valence-electron chi connectivity index (χ3n) is 6.02. The SMILES string of the molecule is COC[C@H](C)NC(=O)c1cn(Cc2ccccc2OC)cc(C(=O)NCCC2=CCCCC2)c1=O. The van der Waals surface area contributed by atoms with Gasteiger partial charge in [0, 0.05) is 37.7 Å². The molecule has 8 heteroatoms. The van der Waals surface area contributed by atoms with E-state index in [1.807, 2.05) is 24.3 Å². The fourth-order valence-electron chi connectivity index (χ4n) is 4.23. The molecule has 1 aromatic carbocycles. The maximum absolute atomic E-state index is 13.2. The summed E-state index contributed by atoms with van der Waals surface area (Å²) in [5.41, 5.74) is 1.44.